The van der Waals surface area contributed by atoms with Crippen LogP contribution in [0, 0.1) is 11.3 Å². The van der Waals surface area contributed by atoms with E-state index in [0.29, 0.717) is 22.3 Å². The van der Waals surface area contributed by atoms with Crippen molar-refractivity contribution in [3.8, 4) is 11.8 Å². The molecule has 0 saturated heterocycles. The maximum Gasteiger partial charge on any atom is 0.336 e. The minimum atomic E-state index is -0.631. The second-order valence-corrected chi connectivity index (χ2v) is 4.43. The zero-order chi connectivity index (χ0) is 15.0. The normalized spacial score (nSPS) is 17.6. The third-order valence-corrected chi connectivity index (χ3v) is 3.25. The quantitative estimate of drug-likeness (QED) is 0.794. The zero-order valence-corrected chi connectivity index (χ0v) is 11.0. The van der Waals surface area contributed by atoms with E-state index in [4.69, 9.17) is 19.7 Å². The lowest BCUT2D eigenvalue weighted by Gasteiger charge is -2.12. The molecule has 1 aliphatic rings. The fourth-order valence-corrected chi connectivity index (χ4v) is 2.25. The van der Waals surface area contributed by atoms with Crippen molar-refractivity contribution in [1.29, 1.82) is 5.26 Å². The van der Waals surface area contributed by atoms with Crippen molar-refractivity contribution in [1.82, 2.24) is 5.48 Å². The summed E-state index contributed by atoms with van der Waals surface area (Å²) in [4.78, 5) is 16.7. The molecule has 2 heterocycles. The van der Waals surface area contributed by atoms with Crippen LogP contribution in [0.4, 0.5) is 0 Å². The Morgan fingerprint density at radius 2 is 2.24 bits per heavy atom. The highest BCUT2D eigenvalue weighted by atomic mass is 16.7. The van der Waals surface area contributed by atoms with Crippen LogP contribution in [0.25, 0.3) is 11.0 Å². The summed E-state index contributed by atoms with van der Waals surface area (Å²) in [7, 11) is 1.54. The van der Waals surface area contributed by atoms with E-state index in [1.807, 2.05) is 6.07 Å². The monoisotopic (exact) mass is 285 g/mol. The first-order valence-electron chi connectivity index (χ1n) is 6.08. The number of nitrogens with two attached hydrogens (primary N) is 1. The zero-order valence-electron chi connectivity index (χ0n) is 11.0. The first-order valence-corrected chi connectivity index (χ1v) is 6.08. The number of rotatable bonds is 2. The summed E-state index contributed by atoms with van der Waals surface area (Å²) in [5.74, 6) is 0.596. The minimum absolute atomic E-state index is 0.00760. The summed E-state index contributed by atoms with van der Waals surface area (Å²) in [5.41, 5.74) is 8.86. The van der Waals surface area contributed by atoms with Crippen LogP contribution in [-0.2, 0) is 4.84 Å². The van der Waals surface area contributed by atoms with Crippen LogP contribution in [0.2, 0.25) is 0 Å². The Bertz CT molecular complexity index is 847. The molecule has 1 aliphatic heterocycles. The van der Waals surface area contributed by atoms with E-state index >= 15 is 0 Å². The summed E-state index contributed by atoms with van der Waals surface area (Å²) < 4.78 is 10.3. The number of ether oxygens (including phenoxy) is 1. The van der Waals surface area contributed by atoms with Crippen molar-refractivity contribution >= 4 is 11.0 Å². The molecule has 1 atom stereocenters. The number of methoxy groups -OCH3 is 1. The average molecular weight is 285 g/mol. The van der Waals surface area contributed by atoms with Gasteiger partial charge in [0.25, 0.3) is 0 Å². The third-order valence-electron chi connectivity index (χ3n) is 3.25. The molecule has 7 nitrogen and oxygen atoms in total. The van der Waals surface area contributed by atoms with Gasteiger partial charge in [-0.3, -0.25) is 0 Å². The Labute approximate surface area is 119 Å². The van der Waals surface area contributed by atoms with Gasteiger partial charge < -0.3 is 19.7 Å². The lowest BCUT2D eigenvalue weighted by molar-refractivity contribution is 0.115. The standard InChI is InChI=1S/C14H11N3O4/c1-19-7-2-3-11-8(4-7)9(5-12(18)20-11)13-10(6-15)14(16)21-17-13/h2-5,13,17H,16H2,1H3. The summed E-state index contributed by atoms with van der Waals surface area (Å²) in [6.07, 6.45) is 0. The van der Waals surface area contributed by atoms with E-state index in [2.05, 4.69) is 5.48 Å². The highest BCUT2D eigenvalue weighted by Crippen LogP contribution is 2.33. The van der Waals surface area contributed by atoms with E-state index in [-0.39, 0.29) is 11.5 Å². The number of nitriles is 1. The Morgan fingerprint density at radius 3 is 2.95 bits per heavy atom. The Hall–Kier alpha value is -2.98. The SMILES string of the molecule is COc1ccc2oc(=O)cc(C3NOC(N)=C3C#N)c2c1. The van der Waals surface area contributed by atoms with Crippen molar-refractivity contribution in [3.63, 3.8) is 0 Å². The molecule has 0 amide bonds. The van der Waals surface area contributed by atoms with Gasteiger partial charge in [0.05, 0.1) is 7.11 Å². The van der Waals surface area contributed by atoms with E-state index < -0.39 is 11.7 Å². The van der Waals surface area contributed by atoms with Crippen LogP contribution in [0.15, 0.2) is 44.9 Å². The summed E-state index contributed by atoms with van der Waals surface area (Å²) in [5, 5.41) is 9.81. The Kier molecular flexibility index (Phi) is 3.01. The van der Waals surface area contributed by atoms with E-state index in [9.17, 15) is 10.1 Å². The predicted molar refractivity (Wildman–Crippen MR) is 72.8 cm³/mol. The fourth-order valence-electron chi connectivity index (χ4n) is 2.25. The summed E-state index contributed by atoms with van der Waals surface area (Å²) >= 11 is 0. The van der Waals surface area contributed by atoms with Crippen LogP contribution in [0.1, 0.15) is 11.6 Å². The van der Waals surface area contributed by atoms with Gasteiger partial charge in [0, 0.05) is 11.5 Å². The number of nitrogens with one attached hydrogen (secondary N) is 1. The van der Waals surface area contributed by atoms with E-state index in [1.54, 1.807) is 18.2 Å². The summed E-state index contributed by atoms with van der Waals surface area (Å²) in [6.45, 7) is 0. The van der Waals surface area contributed by atoms with Gasteiger partial charge in [0.2, 0.25) is 5.88 Å². The molecule has 0 spiro atoms. The molecule has 0 radical (unpaired) electrons. The molecule has 21 heavy (non-hydrogen) atoms. The van der Waals surface area contributed by atoms with Crippen molar-refractivity contribution < 1.29 is 14.0 Å². The van der Waals surface area contributed by atoms with Crippen LogP contribution >= 0.6 is 0 Å². The molecular formula is C14H11N3O4. The second-order valence-electron chi connectivity index (χ2n) is 4.43. The number of benzene rings is 1. The minimum Gasteiger partial charge on any atom is -0.497 e. The molecule has 1 unspecified atom stereocenters. The van der Waals surface area contributed by atoms with Crippen molar-refractivity contribution in [2.24, 2.45) is 5.73 Å². The maximum atomic E-state index is 11.7. The lowest BCUT2D eigenvalue weighted by atomic mass is 9.98. The largest absolute Gasteiger partial charge is 0.497 e. The number of hydroxylamine groups is 1. The van der Waals surface area contributed by atoms with Gasteiger partial charge in [-0.25, -0.2) is 4.79 Å². The molecule has 3 rings (SSSR count). The summed E-state index contributed by atoms with van der Waals surface area (Å²) in [6, 6.07) is 7.69. The third kappa shape index (κ3) is 2.07. The molecular weight excluding hydrogens is 274 g/mol. The van der Waals surface area contributed by atoms with Gasteiger partial charge in [-0.1, -0.05) is 0 Å². The molecule has 0 aliphatic carbocycles. The molecule has 0 bridgehead atoms. The number of nitrogens with zero attached hydrogens (tertiary/aromatic N) is 1. The van der Waals surface area contributed by atoms with Crippen LogP contribution in [0.3, 0.4) is 0 Å². The number of hydrogen-bond donors (Lipinski definition) is 2. The van der Waals surface area contributed by atoms with Crippen LogP contribution in [-0.4, -0.2) is 7.11 Å². The molecule has 1 aromatic carbocycles. The van der Waals surface area contributed by atoms with E-state index in [0.717, 1.165) is 0 Å². The smallest absolute Gasteiger partial charge is 0.336 e. The van der Waals surface area contributed by atoms with Crippen molar-refractivity contribution in [3.05, 3.63) is 51.7 Å². The van der Waals surface area contributed by atoms with Crippen LogP contribution < -0.4 is 21.6 Å². The van der Waals surface area contributed by atoms with Gasteiger partial charge in [-0.2, -0.15) is 5.26 Å². The fraction of sp³-hybridized carbons (Fsp3) is 0.143. The van der Waals surface area contributed by atoms with Crippen molar-refractivity contribution in [2.75, 3.05) is 7.11 Å². The first kappa shape index (κ1) is 13.0. The highest BCUT2D eigenvalue weighted by Gasteiger charge is 2.29. The molecule has 2 aromatic rings. The molecule has 0 saturated carbocycles. The topological polar surface area (TPSA) is 111 Å². The van der Waals surface area contributed by atoms with Gasteiger partial charge in [0.15, 0.2) is 0 Å². The first-order chi connectivity index (χ1) is 10.1. The van der Waals surface area contributed by atoms with Gasteiger partial charge in [0.1, 0.15) is 29.0 Å². The lowest BCUT2D eigenvalue weighted by Crippen LogP contribution is -2.17. The maximum absolute atomic E-state index is 11.7. The molecule has 0 fully saturated rings. The second kappa shape index (κ2) is 4.85. The van der Waals surface area contributed by atoms with E-state index in [1.165, 1.54) is 13.2 Å². The molecule has 3 N–H and O–H groups in total. The molecule has 1 aromatic heterocycles. The number of fused-ring (bicyclic) bond motifs is 1. The highest BCUT2D eigenvalue weighted by molar-refractivity contribution is 5.83. The molecule has 106 valence electrons. The van der Waals surface area contributed by atoms with Gasteiger partial charge in [-0.15, -0.1) is 5.48 Å². The molecule has 7 heteroatoms. The Balaban J connectivity index is 2.27. The number of hydrogen-bond acceptors (Lipinski definition) is 7. The average Bonchev–Trinajstić information content (AvgIpc) is 2.86. The predicted octanol–water partition coefficient (Wildman–Crippen LogP) is 1.07. The van der Waals surface area contributed by atoms with Gasteiger partial charge >= 0.3 is 5.63 Å². The van der Waals surface area contributed by atoms with Gasteiger partial charge in [-0.05, 0) is 23.8 Å². The Morgan fingerprint density at radius 1 is 1.43 bits per heavy atom. The van der Waals surface area contributed by atoms with Crippen LogP contribution in [0.5, 0.6) is 5.75 Å². The van der Waals surface area contributed by atoms with Crippen molar-refractivity contribution in [2.45, 2.75) is 6.04 Å².